The van der Waals surface area contributed by atoms with Crippen molar-refractivity contribution in [1.82, 2.24) is 10.3 Å². The molecule has 19 heavy (non-hydrogen) atoms. The third-order valence-electron chi connectivity index (χ3n) is 4.94. The van der Waals surface area contributed by atoms with Crippen LogP contribution in [-0.2, 0) is 5.41 Å². The van der Waals surface area contributed by atoms with Gasteiger partial charge in [-0.3, -0.25) is 0 Å². The summed E-state index contributed by atoms with van der Waals surface area (Å²) >= 11 is 0. The summed E-state index contributed by atoms with van der Waals surface area (Å²) in [6.45, 7) is 6.97. The number of nitrogens with zero attached hydrogens (tertiary/aromatic N) is 1. The van der Waals surface area contributed by atoms with E-state index in [0.29, 0.717) is 17.8 Å². The maximum atomic E-state index is 6.10. The second kappa shape index (κ2) is 5.49. The molecule has 106 valence electrons. The molecule has 1 fully saturated rings. The Bertz CT molecular complexity index is 428. The Hall–Kier alpha value is -1.09. The summed E-state index contributed by atoms with van der Waals surface area (Å²) in [5.74, 6) is 2.11. The maximum absolute atomic E-state index is 6.10. The highest BCUT2D eigenvalue weighted by molar-refractivity contribution is 5.44. The molecule has 0 aliphatic heterocycles. The van der Waals surface area contributed by atoms with Crippen LogP contribution in [0.3, 0.4) is 0 Å². The molecule has 3 unspecified atom stereocenters. The van der Waals surface area contributed by atoms with E-state index in [1.807, 2.05) is 6.07 Å². The molecule has 0 spiro atoms. The number of anilines is 1. The average Bonchev–Trinajstić information content (AvgIpc) is 2.38. The molecular weight excluding hydrogens is 234 g/mol. The van der Waals surface area contributed by atoms with E-state index in [4.69, 9.17) is 5.73 Å². The largest absolute Gasteiger partial charge is 0.383 e. The summed E-state index contributed by atoms with van der Waals surface area (Å²) < 4.78 is 0. The Morgan fingerprint density at radius 2 is 2.11 bits per heavy atom. The molecule has 0 amide bonds. The highest BCUT2D eigenvalue weighted by atomic mass is 14.9. The number of nitrogens with one attached hydrogen (secondary N) is 1. The van der Waals surface area contributed by atoms with Crippen molar-refractivity contribution in [3.63, 3.8) is 0 Å². The quantitative estimate of drug-likeness (QED) is 0.879. The fourth-order valence-electron chi connectivity index (χ4n) is 3.73. The van der Waals surface area contributed by atoms with Crippen molar-refractivity contribution in [1.29, 1.82) is 0 Å². The fraction of sp³-hybridized carbons (Fsp3) is 0.688. The first-order valence-electron chi connectivity index (χ1n) is 7.35. The molecule has 1 aromatic heterocycles. The Kier molecular flexibility index (Phi) is 4.14. The number of pyridine rings is 1. The van der Waals surface area contributed by atoms with E-state index in [0.717, 1.165) is 5.92 Å². The van der Waals surface area contributed by atoms with Gasteiger partial charge in [-0.05, 0) is 43.2 Å². The van der Waals surface area contributed by atoms with Crippen LogP contribution < -0.4 is 11.1 Å². The predicted octanol–water partition coefficient (Wildman–Crippen LogP) is 2.97. The van der Waals surface area contributed by atoms with Crippen molar-refractivity contribution in [3.05, 3.63) is 23.9 Å². The number of hydrogen-bond donors (Lipinski definition) is 2. The summed E-state index contributed by atoms with van der Waals surface area (Å²) in [5, 5.41) is 3.52. The topological polar surface area (TPSA) is 50.9 Å². The Morgan fingerprint density at radius 1 is 1.37 bits per heavy atom. The number of nitrogens with two attached hydrogens (primary N) is 1. The molecule has 3 nitrogen and oxygen atoms in total. The lowest BCUT2D eigenvalue weighted by Crippen LogP contribution is -2.47. The molecule has 3 N–H and O–H groups in total. The Morgan fingerprint density at radius 3 is 2.74 bits per heavy atom. The number of rotatable bonds is 3. The highest BCUT2D eigenvalue weighted by Crippen LogP contribution is 2.43. The van der Waals surface area contributed by atoms with Gasteiger partial charge in [-0.25, -0.2) is 4.98 Å². The summed E-state index contributed by atoms with van der Waals surface area (Å²) in [5.41, 5.74) is 7.35. The first-order valence-corrected chi connectivity index (χ1v) is 7.35. The van der Waals surface area contributed by atoms with Crippen molar-refractivity contribution in [2.24, 2.45) is 11.8 Å². The number of nitrogen functional groups attached to an aromatic ring is 1. The van der Waals surface area contributed by atoms with Gasteiger partial charge in [0.05, 0.1) is 0 Å². The van der Waals surface area contributed by atoms with E-state index in [1.54, 1.807) is 6.20 Å². The maximum Gasteiger partial charge on any atom is 0.127 e. The zero-order valence-electron chi connectivity index (χ0n) is 12.6. The van der Waals surface area contributed by atoms with Crippen LogP contribution in [0.1, 0.15) is 45.6 Å². The van der Waals surface area contributed by atoms with Crippen molar-refractivity contribution in [2.45, 2.75) is 51.5 Å². The molecule has 0 radical (unpaired) electrons. The molecule has 2 rings (SSSR count). The Balaban J connectivity index is 2.30. The summed E-state index contributed by atoms with van der Waals surface area (Å²) in [6.07, 6.45) is 5.60. The number of hydrogen-bond acceptors (Lipinski definition) is 3. The van der Waals surface area contributed by atoms with Gasteiger partial charge in [0.1, 0.15) is 5.82 Å². The summed E-state index contributed by atoms with van der Waals surface area (Å²) in [6, 6.07) is 4.69. The van der Waals surface area contributed by atoms with Crippen LogP contribution in [0.25, 0.3) is 0 Å². The molecule has 0 saturated heterocycles. The molecule has 1 aliphatic carbocycles. The van der Waals surface area contributed by atoms with E-state index < -0.39 is 0 Å². The van der Waals surface area contributed by atoms with Crippen LogP contribution in [0.4, 0.5) is 5.82 Å². The molecule has 1 heterocycles. The van der Waals surface area contributed by atoms with E-state index >= 15 is 0 Å². The smallest absolute Gasteiger partial charge is 0.127 e. The average molecular weight is 261 g/mol. The molecule has 1 aromatic rings. The van der Waals surface area contributed by atoms with Gasteiger partial charge in [0, 0.05) is 17.8 Å². The van der Waals surface area contributed by atoms with Gasteiger partial charge in [0.15, 0.2) is 0 Å². The van der Waals surface area contributed by atoms with Crippen LogP contribution in [-0.4, -0.2) is 18.1 Å². The molecule has 3 atom stereocenters. The van der Waals surface area contributed by atoms with Gasteiger partial charge in [-0.2, -0.15) is 0 Å². The minimum Gasteiger partial charge on any atom is -0.383 e. The molecule has 1 saturated carbocycles. The monoisotopic (exact) mass is 261 g/mol. The second-order valence-corrected chi connectivity index (χ2v) is 6.58. The fourth-order valence-corrected chi connectivity index (χ4v) is 3.73. The molecule has 0 bridgehead atoms. The van der Waals surface area contributed by atoms with Crippen molar-refractivity contribution < 1.29 is 0 Å². The minimum absolute atomic E-state index is 0.0617. The van der Waals surface area contributed by atoms with Gasteiger partial charge >= 0.3 is 0 Å². The molecule has 1 aliphatic rings. The van der Waals surface area contributed by atoms with Crippen LogP contribution in [0.5, 0.6) is 0 Å². The first kappa shape index (κ1) is 14.3. The minimum atomic E-state index is 0.0617. The second-order valence-electron chi connectivity index (χ2n) is 6.58. The predicted molar refractivity (Wildman–Crippen MR) is 81.0 cm³/mol. The third kappa shape index (κ3) is 2.76. The van der Waals surface area contributed by atoms with Gasteiger partial charge in [-0.15, -0.1) is 0 Å². The highest BCUT2D eigenvalue weighted by Gasteiger charge is 2.40. The van der Waals surface area contributed by atoms with Crippen LogP contribution >= 0.6 is 0 Å². The zero-order chi connectivity index (χ0) is 14.0. The first-order chi connectivity index (χ1) is 8.96. The van der Waals surface area contributed by atoms with Crippen molar-refractivity contribution in [3.8, 4) is 0 Å². The van der Waals surface area contributed by atoms with Gasteiger partial charge in [-0.1, -0.05) is 33.3 Å². The van der Waals surface area contributed by atoms with Gasteiger partial charge < -0.3 is 11.1 Å². The van der Waals surface area contributed by atoms with Crippen molar-refractivity contribution >= 4 is 5.82 Å². The van der Waals surface area contributed by atoms with Gasteiger partial charge in [0.2, 0.25) is 0 Å². The lowest BCUT2D eigenvalue weighted by molar-refractivity contribution is 0.151. The SMILES string of the molecule is CNC1CC(C)CCC1C(C)(C)c1cccnc1N. The van der Waals surface area contributed by atoms with E-state index in [-0.39, 0.29) is 5.41 Å². The van der Waals surface area contributed by atoms with Gasteiger partial charge in [0.25, 0.3) is 0 Å². The van der Waals surface area contributed by atoms with E-state index in [2.05, 4.69) is 44.2 Å². The molecule has 0 aromatic carbocycles. The summed E-state index contributed by atoms with van der Waals surface area (Å²) in [7, 11) is 2.08. The Labute approximate surface area is 117 Å². The van der Waals surface area contributed by atoms with E-state index in [9.17, 15) is 0 Å². The third-order valence-corrected chi connectivity index (χ3v) is 4.94. The summed E-state index contributed by atoms with van der Waals surface area (Å²) in [4.78, 5) is 4.26. The molecular formula is C16H27N3. The van der Waals surface area contributed by atoms with Crippen molar-refractivity contribution in [2.75, 3.05) is 12.8 Å². The normalized spacial score (nSPS) is 28.3. The lowest BCUT2D eigenvalue weighted by atomic mass is 9.63. The standard InChI is InChI=1S/C16H27N3/c1-11-7-8-12(14(10-11)18-4)16(2,3)13-6-5-9-19-15(13)17/h5-6,9,11-12,14,18H,7-8,10H2,1-4H3,(H2,17,19). The van der Waals surface area contributed by atoms with E-state index in [1.165, 1.54) is 24.8 Å². The van der Waals surface area contributed by atoms with Crippen LogP contribution in [0, 0.1) is 11.8 Å². The number of aromatic nitrogens is 1. The molecule has 3 heteroatoms. The van der Waals surface area contributed by atoms with Crippen LogP contribution in [0.15, 0.2) is 18.3 Å². The van der Waals surface area contributed by atoms with Crippen LogP contribution in [0.2, 0.25) is 0 Å². The zero-order valence-corrected chi connectivity index (χ0v) is 12.6. The lowest BCUT2D eigenvalue weighted by Gasteiger charge is -2.44.